The highest BCUT2D eigenvalue weighted by Crippen LogP contribution is 2.67. The maximum absolute atomic E-state index is 13.0. The van der Waals surface area contributed by atoms with Gasteiger partial charge in [0.1, 0.15) is 5.92 Å². The summed E-state index contributed by atoms with van der Waals surface area (Å²) in [4.78, 5) is 25.8. The molecule has 3 fully saturated rings. The molecule has 0 spiro atoms. The molecular formula is C24H35ClO5. The number of carbonyl (C=O) groups excluding carboxylic acids is 2. The first-order valence-corrected chi connectivity index (χ1v) is 12.1. The number of allylic oxidation sites excluding steroid dienone is 1. The number of fused-ring (bicyclic) bond motifs is 5. The Labute approximate surface area is 184 Å². The summed E-state index contributed by atoms with van der Waals surface area (Å²) >= 11 is 5.65. The largest absolute Gasteiger partial charge is 0.449 e. The van der Waals surface area contributed by atoms with E-state index in [1.165, 1.54) is 19.3 Å². The Hall–Kier alpha value is -0.910. The van der Waals surface area contributed by atoms with Gasteiger partial charge in [-0.2, -0.15) is 0 Å². The number of rotatable bonds is 5. The van der Waals surface area contributed by atoms with Crippen molar-refractivity contribution in [2.45, 2.75) is 71.3 Å². The molecule has 0 aromatic heterocycles. The molecule has 8 atom stereocenters. The van der Waals surface area contributed by atoms with E-state index in [1.54, 1.807) is 6.08 Å². The third-order valence-electron chi connectivity index (χ3n) is 9.28. The van der Waals surface area contributed by atoms with Crippen LogP contribution in [0.25, 0.3) is 0 Å². The topological polar surface area (TPSA) is 83.8 Å². The summed E-state index contributed by atoms with van der Waals surface area (Å²) in [5.74, 6) is -0.973. The van der Waals surface area contributed by atoms with Crippen molar-refractivity contribution in [1.29, 1.82) is 0 Å². The van der Waals surface area contributed by atoms with Crippen LogP contribution in [0, 0.1) is 40.4 Å². The molecular weight excluding hydrogens is 404 g/mol. The van der Waals surface area contributed by atoms with E-state index in [9.17, 15) is 19.8 Å². The van der Waals surface area contributed by atoms with Crippen LogP contribution in [0.15, 0.2) is 11.6 Å². The molecule has 5 nitrogen and oxygen atoms in total. The fraction of sp³-hybridized carbons (Fsp3) is 0.833. The molecule has 4 aliphatic rings. The summed E-state index contributed by atoms with van der Waals surface area (Å²) in [6, 6.07) is -0.280. The van der Waals surface area contributed by atoms with Gasteiger partial charge < -0.3 is 14.9 Å². The lowest BCUT2D eigenvalue weighted by atomic mass is 9.43. The molecule has 0 radical (unpaired) electrons. The van der Waals surface area contributed by atoms with Crippen molar-refractivity contribution in [3.8, 4) is 0 Å². The summed E-state index contributed by atoms with van der Waals surface area (Å²) < 4.78 is 5.09. The Morgan fingerprint density at radius 3 is 2.80 bits per heavy atom. The summed E-state index contributed by atoms with van der Waals surface area (Å²) in [7, 11) is 0. The minimum Gasteiger partial charge on any atom is -0.449 e. The molecule has 2 N–H and O–H groups in total. The number of hydrogen-bond acceptors (Lipinski definition) is 5. The van der Waals surface area contributed by atoms with Crippen LogP contribution < -0.4 is 0 Å². The summed E-state index contributed by atoms with van der Waals surface area (Å²) in [5.41, 5.74) is 0.818. The predicted octanol–water partition coefficient (Wildman–Crippen LogP) is 3.84. The highest BCUT2D eigenvalue weighted by Gasteiger charge is 2.63. The Balaban J connectivity index is 1.78. The zero-order valence-corrected chi connectivity index (χ0v) is 18.9. The van der Waals surface area contributed by atoms with Crippen LogP contribution in [-0.2, 0) is 14.3 Å². The van der Waals surface area contributed by atoms with Crippen molar-refractivity contribution < 1.29 is 24.5 Å². The normalized spacial score (nSPS) is 45.2. The molecule has 0 aliphatic heterocycles. The van der Waals surface area contributed by atoms with Crippen molar-refractivity contribution in [2.24, 2.45) is 40.4 Å². The quantitative estimate of drug-likeness (QED) is 0.387. The second kappa shape index (κ2) is 8.22. The van der Waals surface area contributed by atoms with Crippen molar-refractivity contribution in [3.05, 3.63) is 11.6 Å². The minimum absolute atomic E-state index is 0.00837. The highest BCUT2D eigenvalue weighted by atomic mass is 35.5. The van der Waals surface area contributed by atoms with E-state index in [0.29, 0.717) is 24.7 Å². The highest BCUT2D eigenvalue weighted by molar-refractivity contribution is 6.18. The Morgan fingerprint density at radius 1 is 1.33 bits per heavy atom. The van der Waals surface area contributed by atoms with Gasteiger partial charge in [0, 0.05) is 6.61 Å². The zero-order valence-electron chi connectivity index (χ0n) is 18.1. The first-order chi connectivity index (χ1) is 14.3. The van der Waals surface area contributed by atoms with Crippen molar-refractivity contribution >= 4 is 23.4 Å². The van der Waals surface area contributed by atoms with Crippen LogP contribution in [0.4, 0.5) is 0 Å². The van der Waals surface area contributed by atoms with Gasteiger partial charge >= 0.3 is 5.97 Å². The molecule has 0 aromatic rings. The van der Waals surface area contributed by atoms with Gasteiger partial charge in [0.15, 0.2) is 11.8 Å². The fourth-order valence-electron chi connectivity index (χ4n) is 8.14. The van der Waals surface area contributed by atoms with E-state index in [2.05, 4.69) is 13.8 Å². The summed E-state index contributed by atoms with van der Waals surface area (Å²) in [6.45, 7) is 4.51. The fourth-order valence-corrected chi connectivity index (χ4v) is 8.24. The molecule has 0 amide bonds. The number of hydrogen-bond donors (Lipinski definition) is 2. The number of esters is 1. The van der Waals surface area contributed by atoms with Crippen LogP contribution in [0.5, 0.6) is 0 Å². The molecule has 0 saturated heterocycles. The number of aliphatic hydroxyl groups excluding tert-OH is 2. The molecule has 3 saturated carbocycles. The van der Waals surface area contributed by atoms with Crippen LogP contribution in [-0.4, -0.2) is 40.7 Å². The second-order valence-corrected chi connectivity index (χ2v) is 10.7. The van der Waals surface area contributed by atoms with Crippen LogP contribution in [0.3, 0.4) is 0 Å². The van der Waals surface area contributed by atoms with Crippen LogP contribution in [0.2, 0.25) is 0 Å². The van der Waals surface area contributed by atoms with Crippen molar-refractivity contribution in [3.63, 3.8) is 0 Å². The van der Waals surface area contributed by atoms with E-state index >= 15 is 0 Å². The Kier molecular flexibility index (Phi) is 6.10. The molecule has 4 aliphatic carbocycles. The summed E-state index contributed by atoms with van der Waals surface area (Å²) in [6.07, 6.45) is 8.52. The molecule has 4 rings (SSSR count). The number of ether oxygens (including phenoxy) is 1. The molecule has 168 valence electrons. The third kappa shape index (κ3) is 3.27. The maximum Gasteiger partial charge on any atom is 0.318 e. The SMILES string of the molecule is C[C@@]12CCC[C@H]1[C@@H]1CCC3=CC(=O)C(C(=O)OCCl)C(CCCO)[C@]3(C)[C@@H]1C(O)C2. The predicted molar refractivity (Wildman–Crippen MR) is 114 cm³/mol. The van der Waals surface area contributed by atoms with E-state index in [1.807, 2.05) is 0 Å². The first kappa shape index (κ1) is 22.3. The van der Waals surface area contributed by atoms with Gasteiger partial charge in [-0.3, -0.25) is 9.59 Å². The number of alkyl halides is 1. The number of aliphatic hydroxyl groups is 2. The number of carbonyl (C=O) groups is 2. The van der Waals surface area contributed by atoms with Gasteiger partial charge in [-0.25, -0.2) is 0 Å². The third-order valence-corrected chi connectivity index (χ3v) is 9.39. The smallest absolute Gasteiger partial charge is 0.318 e. The van der Waals surface area contributed by atoms with Gasteiger partial charge in [-0.15, -0.1) is 0 Å². The Bertz CT molecular complexity index is 735. The summed E-state index contributed by atoms with van der Waals surface area (Å²) in [5, 5.41) is 21.0. The van der Waals surface area contributed by atoms with Gasteiger partial charge in [0.25, 0.3) is 0 Å². The zero-order chi connectivity index (χ0) is 21.7. The monoisotopic (exact) mass is 438 g/mol. The average Bonchev–Trinajstić information content (AvgIpc) is 3.07. The molecule has 0 aromatic carbocycles. The van der Waals surface area contributed by atoms with E-state index in [-0.39, 0.29) is 35.7 Å². The Morgan fingerprint density at radius 2 is 2.10 bits per heavy atom. The van der Waals surface area contributed by atoms with E-state index in [0.717, 1.165) is 24.8 Å². The second-order valence-electron chi connectivity index (χ2n) is 10.5. The maximum atomic E-state index is 13.0. The molecule has 30 heavy (non-hydrogen) atoms. The molecule has 3 unspecified atom stereocenters. The lowest BCUT2D eigenvalue weighted by Gasteiger charge is -2.62. The van der Waals surface area contributed by atoms with Gasteiger partial charge in [-0.05, 0) is 85.5 Å². The lowest BCUT2D eigenvalue weighted by Crippen LogP contribution is -2.60. The van der Waals surface area contributed by atoms with Gasteiger partial charge in [0.2, 0.25) is 0 Å². The van der Waals surface area contributed by atoms with Gasteiger partial charge in [-0.1, -0.05) is 37.4 Å². The first-order valence-electron chi connectivity index (χ1n) is 11.5. The van der Waals surface area contributed by atoms with Crippen molar-refractivity contribution in [2.75, 3.05) is 12.7 Å². The average molecular weight is 439 g/mol. The molecule has 6 heteroatoms. The lowest BCUT2D eigenvalue weighted by molar-refractivity contribution is -0.166. The van der Waals surface area contributed by atoms with Crippen molar-refractivity contribution in [1.82, 2.24) is 0 Å². The molecule has 0 heterocycles. The number of ketones is 1. The standard InChI is InChI=1S/C24H35ClO5/c1-23-9-3-5-16(23)15-8-7-14-11-18(27)20(22(29)30-13-25)17(6-4-10-26)24(14,2)21(15)19(28)12-23/h11,15-17,19-21,26,28H,3-10,12-13H2,1-2H3/t15-,16-,17?,19?,20?,21-,23-,24+/m0/s1. The van der Waals surface area contributed by atoms with E-state index < -0.39 is 23.4 Å². The van der Waals surface area contributed by atoms with Gasteiger partial charge in [0.05, 0.1) is 6.10 Å². The molecule has 0 bridgehead atoms. The van der Waals surface area contributed by atoms with Crippen LogP contribution in [0.1, 0.15) is 65.2 Å². The van der Waals surface area contributed by atoms with E-state index in [4.69, 9.17) is 16.3 Å². The number of halogens is 1. The van der Waals surface area contributed by atoms with Crippen LogP contribution >= 0.6 is 11.6 Å². The minimum atomic E-state index is -0.910.